The Morgan fingerprint density at radius 1 is 1.00 bits per heavy atom. The quantitative estimate of drug-likeness (QED) is 0.341. The van der Waals surface area contributed by atoms with Crippen molar-refractivity contribution < 1.29 is 37.0 Å². The highest BCUT2D eigenvalue weighted by Crippen LogP contribution is 2.35. The van der Waals surface area contributed by atoms with Crippen LogP contribution in [0.25, 0.3) is 11.1 Å². The normalized spacial score (nSPS) is 14.7. The van der Waals surface area contributed by atoms with E-state index in [9.17, 15) is 18.0 Å². The molecule has 0 spiro atoms. The molecule has 4 rings (SSSR count). The highest BCUT2D eigenvalue weighted by Gasteiger charge is 2.41. The number of benzene rings is 1. The van der Waals surface area contributed by atoms with Gasteiger partial charge in [-0.3, -0.25) is 14.6 Å². The number of methoxy groups -OCH3 is 3. The lowest BCUT2D eigenvalue weighted by Crippen LogP contribution is -2.44. The highest BCUT2D eigenvalue weighted by atomic mass is 19.4. The zero-order valence-corrected chi connectivity index (χ0v) is 21.2. The zero-order chi connectivity index (χ0) is 28.2. The molecule has 39 heavy (non-hydrogen) atoms. The molecule has 0 radical (unpaired) electrons. The molecule has 3 heterocycles. The van der Waals surface area contributed by atoms with Gasteiger partial charge in [0.2, 0.25) is 11.8 Å². The SMILES string of the molecule is CONC(=O)c1cc(-c2cnc(Nc3cc(OC)cc(OC)c3)nc2N2C=CC(C(F)(F)F)N2)cnc1OC. The molecule has 0 aliphatic carbocycles. The number of hydrogen-bond donors (Lipinski definition) is 3. The summed E-state index contributed by atoms with van der Waals surface area (Å²) < 4.78 is 55.9. The lowest BCUT2D eigenvalue weighted by molar-refractivity contribution is -0.142. The minimum Gasteiger partial charge on any atom is -0.497 e. The number of hydrazine groups is 1. The van der Waals surface area contributed by atoms with E-state index in [2.05, 4.69) is 36.0 Å². The molecule has 0 saturated heterocycles. The number of ether oxygens (including phenoxy) is 3. The first-order valence-corrected chi connectivity index (χ1v) is 11.2. The molecule has 1 unspecified atom stereocenters. The second kappa shape index (κ2) is 11.4. The van der Waals surface area contributed by atoms with Gasteiger partial charge in [0, 0.05) is 53.6 Å². The molecule has 1 aliphatic heterocycles. The number of halogens is 3. The van der Waals surface area contributed by atoms with Crippen LogP contribution in [0, 0.1) is 0 Å². The predicted octanol–water partition coefficient (Wildman–Crippen LogP) is 3.37. The third kappa shape index (κ3) is 6.10. The smallest absolute Gasteiger partial charge is 0.409 e. The van der Waals surface area contributed by atoms with Crippen molar-refractivity contribution >= 4 is 23.4 Å². The summed E-state index contributed by atoms with van der Waals surface area (Å²) in [6.07, 6.45) is 0.392. The second-order valence-corrected chi connectivity index (χ2v) is 7.93. The number of pyridine rings is 1. The summed E-state index contributed by atoms with van der Waals surface area (Å²) in [5.41, 5.74) is 5.66. The van der Waals surface area contributed by atoms with Crippen LogP contribution in [0.3, 0.4) is 0 Å². The fraction of sp³-hybridized carbons (Fsp3) is 0.250. The summed E-state index contributed by atoms with van der Waals surface area (Å²) in [5.74, 6) is 0.475. The van der Waals surface area contributed by atoms with Gasteiger partial charge in [0.25, 0.3) is 5.91 Å². The number of alkyl halides is 3. The van der Waals surface area contributed by atoms with Crippen molar-refractivity contribution in [3.63, 3.8) is 0 Å². The molecule has 0 fully saturated rings. The Hall–Kier alpha value is -4.63. The van der Waals surface area contributed by atoms with Gasteiger partial charge in [-0.15, -0.1) is 0 Å². The Labute approximate surface area is 220 Å². The minimum atomic E-state index is -4.54. The van der Waals surface area contributed by atoms with Gasteiger partial charge in [0.1, 0.15) is 23.1 Å². The number of amides is 1. The van der Waals surface area contributed by atoms with Crippen molar-refractivity contribution in [2.75, 3.05) is 38.8 Å². The Morgan fingerprint density at radius 3 is 2.31 bits per heavy atom. The molecule has 15 heteroatoms. The molecule has 1 aromatic carbocycles. The van der Waals surface area contributed by atoms with Crippen molar-refractivity contribution in [1.82, 2.24) is 25.9 Å². The van der Waals surface area contributed by atoms with E-state index < -0.39 is 18.1 Å². The average molecular weight is 547 g/mol. The van der Waals surface area contributed by atoms with Crippen LogP contribution >= 0.6 is 0 Å². The molecule has 2 aromatic heterocycles. The summed E-state index contributed by atoms with van der Waals surface area (Å²) in [5, 5.41) is 4.12. The first-order valence-electron chi connectivity index (χ1n) is 11.2. The Balaban J connectivity index is 1.78. The summed E-state index contributed by atoms with van der Waals surface area (Å²) >= 11 is 0. The van der Waals surface area contributed by atoms with Crippen molar-refractivity contribution in [3.05, 3.63) is 54.5 Å². The van der Waals surface area contributed by atoms with E-state index in [0.29, 0.717) is 22.7 Å². The number of rotatable bonds is 9. The van der Waals surface area contributed by atoms with Crippen molar-refractivity contribution in [3.8, 4) is 28.5 Å². The Bertz CT molecular complexity index is 1360. The first kappa shape index (κ1) is 27.4. The van der Waals surface area contributed by atoms with E-state index >= 15 is 0 Å². The zero-order valence-electron chi connectivity index (χ0n) is 21.2. The molecule has 12 nitrogen and oxygen atoms in total. The van der Waals surface area contributed by atoms with E-state index in [-0.39, 0.29) is 28.8 Å². The van der Waals surface area contributed by atoms with Gasteiger partial charge in [0.05, 0.1) is 28.4 Å². The molecule has 0 saturated carbocycles. The number of carbonyl (C=O) groups is 1. The van der Waals surface area contributed by atoms with Crippen LogP contribution in [-0.4, -0.2) is 61.5 Å². The van der Waals surface area contributed by atoms with Crippen molar-refractivity contribution in [1.29, 1.82) is 0 Å². The fourth-order valence-electron chi connectivity index (χ4n) is 3.62. The van der Waals surface area contributed by atoms with Gasteiger partial charge >= 0.3 is 6.18 Å². The van der Waals surface area contributed by atoms with Crippen LogP contribution in [-0.2, 0) is 4.84 Å². The molecule has 1 atom stereocenters. The van der Waals surface area contributed by atoms with Crippen LogP contribution in [0.4, 0.5) is 30.6 Å². The third-order valence-electron chi connectivity index (χ3n) is 5.46. The molecule has 1 amide bonds. The van der Waals surface area contributed by atoms with Gasteiger partial charge < -0.3 is 19.5 Å². The molecule has 1 aliphatic rings. The van der Waals surface area contributed by atoms with Gasteiger partial charge in [-0.1, -0.05) is 0 Å². The van der Waals surface area contributed by atoms with E-state index in [1.54, 1.807) is 18.2 Å². The summed E-state index contributed by atoms with van der Waals surface area (Å²) in [6, 6.07) is 4.51. The standard InChI is InChI=1S/C24H24F3N7O5/c1-36-15-8-14(9-16(10-15)37-2)30-23-29-12-18(20(31-23)34-6-5-19(32-34)24(25,26)27)13-7-17(21(35)33-39-4)22(38-3)28-11-13/h5-12,19,32H,1-4H3,(H,33,35)(H,29,30,31). The molecule has 3 N–H and O–H groups in total. The van der Waals surface area contributed by atoms with E-state index in [4.69, 9.17) is 14.2 Å². The van der Waals surface area contributed by atoms with Crippen LogP contribution in [0.5, 0.6) is 17.4 Å². The fourth-order valence-corrected chi connectivity index (χ4v) is 3.62. The van der Waals surface area contributed by atoms with Gasteiger partial charge in [-0.05, 0) is 12.1 Å². The Kier molecular flexibility index (Phi) is 8.01. The monoisotopic (exact) mass is 547 g/mol. The minimum absolute atomic E-state index is 0.0114. The van der Waals surface area contributed by atoms with Crippen molar-refractivity contribution in [2.24, 2.45) is 0 Å². The van der Waals surface area contributed by atoms with E-state index in [1.165, 1.54) is 53.1 Å². The largest absolute Gasteiger partial charge is 0.497 e. The third-order valence-corrected chi connectivity index (χ3v) is 5.46. The summed E-state index contributed by atoms with van der Waals surface area (Å²) in [7, 11) is 5.59. The second-order valence-electron chi connectivity index (χ2n) is 7.93. The molecular formula is C24H24F3N7O5. The molecule has 0 bridgehead atoms. The maximum absolute atomic E-state index is 13.4. The molecular weight excluding hydrogens is 523 g/mol. The first-order chi connectivity index (χ1) is 18.7. The molecule has 206 valence electrons. The van der Waals surface area contributed by atoms with Crippen LogP contribution in [0.2, 0.25) is 0 Å². The Morgan fingerprint density at radius 2 is 1.72 bits per heavy atom. The number of aromatic nitrogens is 3. The maximum atomic E-state index is 13.4. The lowest BCUT2D eigenvalue weighted by Gasteiger charge is -2.23. The summed E-state index contributed by atoms with van der Waals surface area (Å²) in [4.78, 5) is 30.1. The van der Waals surface area contributed by atoms with Gasteiger partial charge in [-0.25, -0.2) is 20.9 Å². The highest BCUT2D eigenvalue weighted by molar-refractivity contribution is 5.97. The summed E-state index contributed by atoms with van der Waals surface area (Å²) in [6.45, 7) is 0. The van der Waals surface area contributed by atoms with Gasteiger partial charge in [0.15, 0.2) is 5.82 Å². The number of carbonyl (C=O) groups excluding carboxylic acids is 1. The predicted molar refractivity (Wildman–Crippen MR) is 134 cm³/mol. The maximum Gasteiger partial charge on any atom is 0.409 e. The van der Waals surface area contributed by atoms with Crippen molar-refractivity contribution in [2.45, 2.75) is 12.2 Å². The number of hydrogen-bond acceptors (Lipinski definition) is 11. The lowest BCUT2D eigenvalue weighted by atomic mass is 10.1. The van der Waals surface area contributed by atoms with Crippen LogP contribution < -0.4 is 35.4 Å². The molecule has 3 aromatic rings. The van der Waals surface area contributed by atoms with E-state index in [1.807, 2.05) is 0 Å². The average Bonchev–Trinajstić information content (AvgIpc) is 3.44. The number of hydroxylamine groups is 1. The van der Waals surface area contributed by atoms with Gasteiger partial charge in [-0.2, -0.15) is 18.2 Å². The number of anilines is 3. The topological polar surface area (TPSA) is 132 Å². The van der Waals surface area contributed by atoms with E-state index in [0.717, 1.165) is 11.1 Å². The number of nitrogens with zero attached hydrogens (tertiary/aromatic N) is 4. The van der Waals surface area contributed by atoms with Crippen LogP contribution in [0.15, 0.2) is 48.9 Å². The van der Waals surface area contributed by atoms with Crippen LogP contribution in [0.1, 0.15) is 10.4 Å². The number of nitrogens with one attached hydrogen (secondary N) is 3.